The first-order chi connectivity index (χ1) is 36.2. The van der Waals surface area contributed by atoms with Gasteiger partial charge in [-0.3, -0.25) is 4.57 Å². The van der Waals surface area contributed by atoms with Crippen molar-refractivity contribution in [2.75, 3.05) is 0 Å². The van der Waals surface area contributed by atoms with Crippen LogP contribution in [0, 0.1) is 0 Å². The van der Waals surface area contributed by atoms with Gasteiger partial charge in [0, 0.05) is 44.0 Å². The van der Waals surface area contributed by atoms with E-state index in [1.54, 1.807) is 0 Å². The number of nitrogens with zero attached hydrogens (tertiary/aromatic N) is 4. The van der Waals surface area contributed by atoms with E-state index < -0.39 is 5.41 Å². The third-order valence-electron chi connectivity index (χ3n) is 15.9. The molecule has 3 heterocycles. The first kappa shape index (κ1) is 40.1. The highest BCUT2D eigenvalue weighted by molar-refractivity contribution is 6.15. The van der Waals surface area contributed by atoms with Crippen LogP contribution in [0.4, 0.5) is 0 Å². The van der Waals surface area contributed by atoms with Crippen molar-refractivity contribution in [1.29, 1.82) is 0 Å². The quantitative estimate of drug-likeness (QED) is 0.161. The number of para-hydroxylation sites is 5. The van der Waals surface area contributed by atoms with E-state index in [-0.39, 0.29) is 0 Å². The molecule has 0 aliphatic heterocycles. The standard InChI is InChI=1S/C69H42N4/c1-2-18-44(19-3-1)68-71-63-30-14-17-33-66(63)73(68)47-36-34-43(35-37-47)45-38-46(40-48(39-45)72-64-31-15-8-24-53(64)54-25-9-16-32-65(54)72)67-57-41-56-51-22-6-12-28-60(51)69(61(56)42-55(57)52-23-7-13-29-62(52)70-67)58-26-10-4-20-49(58)50-21-5-11-27-59(50)69/h1-42H. The van der Waals surface area contributed by atoms with Crippen molar-refractivity contribution in [2.45, 2.75) is 5.41 Å². The third kappa shape index (κ3) is 5.60. The summed E-state index contributed by atoms with van der Waals surface area (Å²) in [5.41, 5.74) is 22.8. The molecule has 1 spiro atoms. The maximum atomic E-state index is 5.69. The van der Waals surface area contributed by atoms with Crippen LogP contribution in [0.3, 0.4) is 0 Å². The van der Waals surface area contributed by atoms with E-state index in [1.807, 2.05) is 0 Å². The number of fused-ring (bicyclic) bond motifs is 17. The highest BCUT2D eigenvalue weighted by Gasteiger charge is 2.51. The first-order valence-corrected chi connectivity index (χ1v) is 25.1. The van der Waals surface area contributed by atoms with E-state index in [2.05, 4.69) is 264 Å². The summed E-state index contributed by atoms with van der Waals surface area (Å²) in [4.78, 5) is 10.8. The molecule has 73 heavy (non-hydrogen) atoms. The topological polar surface area (TPSA) is 35.6 Å². The predicted octanol–water partition coefficient (Wildman–Crippen LogP) is 17.2. The summed E-state index contributed by atoms with van der Waals surface area (Å²) in [6.45, 7) is 0. The van der Waals surface area contributed by atoms with Gasteiger partial charge in [0.1, 0.15) is 5.82 Å². The number of hydrogen-bond acceptors (Lipinski definition) is 2. The highest BCUT2D eigenvalue weighted by Crippen LogP contribution is 2.63. The van der Waals surface area contributed by atoms with Crippen molar-refractivity contribution < 1.29 is 0 Å². The van der Waals surface area contributed by atoms with Gasteiger partial charge in [0.2, 0.25) is 0 Å². The average molecular weight is 927 g/mol. The van der Waals surface area contributed by atoms with Crippen molar-refractivity contribution in [1.82, 2.24) is 19.1 Å². The molecule has 0 unspecified atom stereocenters. The predicted molar refractivity (Wildman–Crippen MR) is 301 cm³/mol. The monoisotopic (exact) mass is 926 g/mol. The van der Waals surface area contributed by atoms with Crippen LogP contribution in [-0.4, -0.2) is 19.1 Å². The van der Waals surface area contributed by atoms with Crippen LogP contribution in [0.25, 0.3) is 122 Å². The van der Waals surface area contributed by atoms with Crippen LogP contribution >= 0.6 is 0 Å². The van der Waals surface area contributed by atoms with Gasteiger partial charge in [-0.1, -0.05) is 182 Å². The SMILES string of the molecule is c1ccc(-c2nc3ccccc3n2-c2ccc(-c3cc(-c4nc5ccccc5c5cc6c(cc45)-c4ccccc4C64c5ccccc5-c5ccccc54)cc(-n4c5ccccc5c5ccccc54)c3)cc2)cc1. The van der Waals surface area contributed by atoms with Gasteiger partial charge in [-0.25, -0.2) is 9.97 Å². The second kappa shape index (κ2) is 15.2. The summed E-state index contributed by atoms with van der Waals surface area (Å²) < 4.78 is 4.72. The number of benzene rings is 11. The van der Waals surface area contributed by atoms with E-state index in [1.165, 1.54) is 60.7 Å². The molecule has 0 saturated heterocycles. The molecular weight excluding hydrogens is 885 g/mol. The van der Waals surface area contributed by atoms with E-state index >= 15 is 0 Å². The highest BCUT2D eigenvalue weighted by atomic mass is 15.1. The number of imidazole rings is 1. The number of aromatic nitrogens is 4. The van der Waals surface area contributed by atoms with Gasteiger partial charge in [0.25, 0.3) is 0 Å². The number of rotatable bonds is 5. The minimum absolute atomic E-state index is 0.460. The molecule has 0 atom stereocenters. The first-order valence-electron chi connectivity index (χ1n) is 25.1. The molecule has 0 N–H and O–H groups in total. The number of hydrogen-bond donors (Lipinski definition) is 0. The third-order valence-corrected chi connectivity index (χ3v) is 15.9. The Hall–Kier alpha value is -9.64. The molecule has 0 bridgehead atoms. The lowest BCUT2D eigenvalue weighted by Crippen LogP contribution is -2.25. The summed E-state index contributed by atoms with van der Waals surface area (Å²) in [5.74, 6) is 0.917. The van der Waals surface area contributed by atoms with Gasteiger partial charge in [-0.15, -0.1) is 0 Å². The summed E-state index contributed by atoms with van der Waals surface area (Å²) in [6, 6.07) is 93.4. The fraction of sp³-hybridized carbons (Fsp3) is 0.0145. The molecule has 2 aliphatic carbocycles. The average Bonchev–Trinajstić information content (AvgIpc) is 4.19. The Morgan fingerprint density at radius 3 is 1.48 bits per heavy atom. The van der Waals surface area contributed by atoms with Crippen LogP contribution < -0.4 is 0 Å². The lowest BCUT2D eigenvalue weighted by molar-refractivity contribution is 0.795. The molecule has 338 valence electrons. The van der Waals surface area contributed by atoms with Gasteiger partial charge >= 0.3 is 0 Å². The van der Waals surface area contributed by atoms with E-state index in [4.69, 9.17) is 9.97 Å². The molecule has 3 aromatic heterocycles. The largest absolute Gasteiger partial charge is 0.309 e. The van der Waals surface area contributed by atoms with Crippen LogP contribution in [0.5, 0.6) is 0 Å². The smallest absolute Gasteiger partial charge is 0.145 e. The molecule has 0 radical (unpaired) electrons. The Bertz CT molecular complexity index is 4510. The van der Waals surface area contributed by atoms with Crippen molar-refractivity contribution in [3.63, 3.8) is 0 Å². The van der Waals surface area contributed by atoms with Gasteiger partial charge in [-0.2, -0.15) is 0 Å². The Balaban J connectivity index is 0.959. The zero-order valence-corrected chi connectivity index (χ0v) is 39.5. The minimum atomic E-state index is -0.460. The second-order valence-electron chi connectivity index (χ2n) is 19.6. The van der Waals surface area contributed by atoms with Crippen molar-refractivity contribution in [3.8, 4) is 67.4 Å². The zero-order chi connectivity index (χ0) is 47.8. The van der Waals surface area contributed by atoms with Crippen LogP contribution in [-0.2, 0) is 5.41 Å². The van der Waals surface area contributed by atoms with E-state index in [9.17, 15) is 0 Å². The molecule has 0 fully saturated rings. The van der Waals surface area contributed by atoms with Crippen LogP contribution in [0.1, 0.15) is 22.3 Å². The summed E-state index contributed by atoms with van der Waals surface area (Å²) >= 11 is 0. The summed E-state index contributed by atoms with van der Waals surface area (Å²) in [7, 11) is 0. The Morgan fingerprint density at radius 2 is 0.808 bits per heavy atom. The molecule has 4 nitrogen and oxygen atoms in total. The molecule has 2 aliphatic rings. The lowest BCUT2D eigenvalue weighted by Gasteiger charge is -2.30. The number of pyridine rings is 1. The van der Waals surface area contributed by atoms with Gasteiger partial charge in [-0.05, 0) is 134 Å². The molecule has 0 amide bonds. The van der Waals surface area contributed by atoms with Crippen molar-refractivity contribution in [3.05, 3.63) is 277 Å². The molecule has 4 heteroatoms. The summed E-state index contributed by atoms with van der Waals surface area (Å²) in [5, 5.41) is 5.92. The van der Waals surface area contributed by atoms with Crippen molar-refractivity contribution in [2.24, 2.45) is 0 Å². The van der Waals surface area contributed by atoms with E-state index in [0.29, 0.717) is 0 Å². The van der Waals surface area contributed by atoms with Crippen molar-refractivity contribution >= 4 is 54.5 Å². The summed E-state index contributed by atoms with van der Waals surface area (Å²) in [6.07, 6.45) is 0. The molecule has 0 saturated carbocycles. The maximum Gasteiger partial charge on any atom is 0.145 e. The normalized spacial score (nSPS) is 13.0. The molecule has 16 rings (SSSR count). The van der Waals surface area contributed by atoms with Gasteiger partial charge < -0.3 is 4.57 Å². The fourth-order valence-corrected chi connectivity index (χ4v) is 12.9. The molecule has 11 aromatic carbocycles. The Kier molecular flexibility index (Phi) is 8.35. The second-order valence-corrected chi connectivity index (χ2v) is 19.6. The lowest BCUT2D eigenvalue weighted by atomic mass is 9.70. The van der Waals surface area contributed by atoms with Gasteiger partial charge in [0.15, 0.2) is 0 Å². The minimum Gasteiger partial charge on any atom is -0.309 e. The van der Waals surface area contributed by atoms with Crippen LogP contribution in [0.2, 0.25) is 0 Å². The Morgan fingerprint density at radius 1 is 0.274 bits per heavy atom. The van der Waals surface area contributed by atoms with E-state index in [0.717, 1.165) is 83.5 Å². The Labute approximate surface area is 421 Å². The molecule has 14 aromatic rings. The zero-order valence-electron chi connectivity index (χ0n) is 39.5. The maximum absolute atomic E-state index is 5.69. The fourth-order valence-electron chi connectivity index (χ4n) is 12.9. The molecular formula is C69H42N4. The van der Waals surface area contributed by atoms with Crippen LogP contribution in [0.15, 0.2) is 255 Å². The van der Waals surface area contributed by atoms with Gasteiger partial charge in [0.05, 0.1) is 38.7 Å².